The lowest BCUT2D eigenvalue weighted by molar-refractivity contribution is -0.113. The highest BCUT2D eigenvalue weighted by Crippen LogP contribution is 2.29. The zero-order valence-corrected chi connectivity index (χ0v) is 19.9. The summed E-state index contributed by atoms with van der Waals surface area (Å²) in [5.41, 5.74) is 5.05. The molecule has 0 fully saturated rings. The van der Waals surface area contributed by atoms with Gasteiger partial charge in [-0.25, -0.2) is 4.98 Å². The van der Waals surface area contributed by atoms with Crippen molar-refractivity contribution in [1.82, 2.24) is 9.55 Å². The second-order valence-corrected chi connectivity index (χ2v) is 9.31. The van der Waals surface area contributed by atoms with Crippen molar-refractivity contribution in [3.05, 3.63) is 74.9 Å². The summed E-state index contributed by atoms with van der Waals surface area (Å²) >= 11 is 2.57. The van der Waals surface area contributed by atoms with Crippen LogP contribution in [0.1, 0.15) is 16.7 Å². The number of aromatic nitrogens is 2. The molecule has 32 heavy (non-hydrogen) atoms. The molecule has 0 saturated carbocycles. The molecule has 164 valence electrons. The summed E-state index contributed by atoms with van der Waals surface area (Å²) in [4.78, 5) is 30.7. The Kier molecular flexibility index (Phi) is 6.34. The molecule has 1 N–H and O–H groups in total. The van der Waals surface area contributed by atoms with Gasteiger partial charge in [-0.1, -0.05) is 41.6 Å². The van der Waals surface area contributed by atoms with Crippen molar-refractivity contribution >= 4 is 44.9 Å². The number of rotatable bonds is 6. The van der Waals surface area contributed by atoms with Crippen LogP contribution in [0.15, 0.2) is 57.8 Å². The summed E-state index contributed by atoms with van der Waals surface area (Å²) in [5.74, 6) is 0.519. The molecule has 2 aromatic heterocycles. The predicted molar refractivity (Wildman–Crippen MR) is 132 cm³/mol. The highest BCUT2D eigenvalue weighted by molar-refractivity contribution is 7.99. The van der Waals surface area contributed by atoms with E-state index in [1.165, 1.54) is 27.7 Å². The number of carbonyl (C=O) groups excluding carboxylic acids is 1. The third-order valence-electron chi connectivity index (χ3n) is 5.05. The zero-order chi connectivity index (χ0) is 22.8. The number of methoxy groups -OCH3 is 1. The summed E-state index contributed by atoms with van der Waals surface area (Å²) < 4.78 is 7.56. The summed E-state index contributed by atoms with van der Waals surface area (Å²) in [6.07, 6.45) is 0. The van der Waals surface area contributed by atoms with Crippen molar-refractivity contribution in [3.63, 3.8) is 0 Å². The van der Waals surface area contributed by atoms with Crippen molar-refractivity contribution in [2.45, 2.75) is 25.9 Å². The number of anilines is 1. The minimum Gasteiger partial charge on any atom is -0.495 e. The molecule has 4 aromatic rings. The number of hydrogen-bond donors (Lipinski definition) is 1. The maximum atomic E-state index is 13.3. The van der Waals surface area contributed by atoms with E-state index in [-0.39, 0.29) is 17.2 Å². The van der Waals surface area contributed by atoms with Crippen LogP contribution in [-0.4, -0.2) is 28.3 Å². The summed E-state index contributed by atoms with van der Waals surface area (Å²) in [5, 5.41) is 5.29. The van der Waals surface area contributed by atoms with Gasteiger partial charge in [0.1, 0.15) is 10.4 Å². The van der Waals surface area contributed by atoms with Crippen LogP contribution < -0.4 is 15.6 Å². The maximum absolute atomic E-state index is 13.3. The molecule has 2 aromatic carbocycles. The molecular weight excluding hydrogens is 442 g/mol. The number of thioether (sulfide) groups is 1. The zero-order valence-electron chi connectivity index (χ0n) is 18.3. The van der Waals surface area contributed by atoms with E-state index < -0.39 is 0 Å². The molecule has 0 aliphatic heterocycles. The summed E-state index contributed by atoms with van der Waals surface area (Å²) in [6, 6.07) is 13.2. The van der Waals surface area contributed by atoms with Crippen LogP contribution in [0, 0.1) is 20.8 Å². The average Bonchev–Trinajstić information content (AvgIpc) is 3.24. The second-order valence-electron chi connectivity index (χ2n) is 7.45. The predicted octanol–water partition coefficient (Wildman–Crippen LogP) is 5.11. The lowest BCUT2D eigenvalue weighted by atomic mass is 10.1. The molecule has 2 heterocycles. The van der Waals surface area contributed by atoms with Gasteiger partial charge in [0.25, 0.3) is 5.56 Å². The molecule has 0 saturated heterocycles. The van der Waals surface area contributed by atoms with Crippen molar-refractivity contribution in [2.24, 2.45) is 0 Å². The number of nitrogens with zero attached hydrogens (tertiary/aromatic N) is 2. The minimum atomic E-state index is -0.178. The van der Waals surface area contributed by atoms with Gasteiger partial charge in [0.05, 0.1) is 24.1 Å². The number of amides is 1. The molecule has 1 amide bonds. The van der Waals surface area contributed by atoms with Crippen LogP contribution in [0.2, 0.25) is 0 Å². The Morgan fingerprint density at radius 2 is 1.88 bits per heavy atom. The number of nitrogens with one attached hydrogen (secondary N) is 1. The van der Waals surface area contributed by atoms with E-state index in [2.05, 4.69) is 10.3 Å². The number of thiophene rings is 1. The molecule has 4 rings (SSSR count). The Morgan fingerprint density at radius 3 is 2.59 bits per heavy atom. The maximum Gasteiger partial charge on any atom is 0.276 e. The van der Waals surface area contributed by atoms with Gasteiger partial charge in [0.15, 0.2) is 5.16 Å². The number of carbonyl (C=O) groups is 1. The van der Waals surface area contributed by atoms with Crippen LogP contribution >= 0.6 is 23.1 Å². The topological polar surface area (TPSA) is 73.2 Å². The number of hydrogen-bond acceptors (Lipinski definition) is 6. The summed E-state index contributed by atoms with van der Waals surface area (Å²) in [6.45, 7) is 5.99. The van der Waals surface area contributed by atoms with Crippen molar-refractivity contribution in [2.75, 3.05) is 18.2 Å². The monoisotopic (exact) mass is 465 g/mol. The molecular formula is C24H23N3O3S2. The van der Waals surface area contributed by atoms with Gasteiger partial charge in [-0.3, -0.25) is 14.2 Å². The van der Waals surface area contributed by atoms with E-state index in [0.29, 0.717) is 26.8 Å². The van der Waals surface area contributed by atoms with Crippen LogP contribution in [0.5, 0.6) is 5.75 Å². The van der Waals surface area contributed by atoms with Gasteiger partial charge < -0.3 is 10.1 Å². The van der Waals surface area contributed by atoms with Gasteiger partial charge >= 0.3 is 0 Å². The lowest BCUT2D eigenvalue weighted by Gasteiger charge is -2.15. The quantitative estimate of drug-likeness (QED) is 0.316. The first-order chi connectivity index (χ1) is 15.4. The van der Waals surface area contributed by atoms with E-state index >= 15 is 0 Å². The SMILES string of the molecule is COc1ccccc1-n1c(SCC(=O)Nc2c(C)cc(C)cc2C)nc2ccsc2c1=O. The van der Waals surface area contributed by atoms with Gasteiger partial charge in [-0.2, -0.15) is 0 Å². The molecule has 0 atom stereocenters. The number of para-hydroxylation sites is 2. The Hall–Kier alpha value is -3.10. The number of ether oxygens (including phenoxy) is 1. The fourth-order valence-electron chi connectivity index (χ4n) is 3.70. The molecule has 0 bridgehead atoms. The molecule has 0 aliphatic carbocycles. The van der Waals surface area contributed by atoms with Crippen molar-refractivity contribution in [1.29, 1.82) is 0 Å². The molecule has 0 aliphatic rings. The van der Waals surface area contributed by atoms with Crippen LogP contribution in [0.25, 0.3) is 15.9 Å². The smallest absolute Gasteiger partial charge is 0.276 e. The number of aryl methyl sites for hydroxylation is 3. The van der Waals surface area contributed by atoms with Gasteiger partial charge in [-0.05, 0) is 55.5 Å². The fourth-order valence-corrected chi connectivity index (χ4v) is 5.26. The van der Waals surface area contributed by atoms with E-state index in [4.69, 9.17) is 4.74 Å². The minimum absolute atomic E-state index is 0.115. The average molecular weight is 466 g/mol. The molecule has 0 unspecified atom stereocenters. The third-order valence-corrected chi connectivity index (χ3v) is 6.88. The highest BCUT2D eigenvalue weighted by Gasteiger charge is 2.18. The van der Waals surface area contributed by atoms with Crippen LogP contribution in [0.3, 0.4) is 0 Å². The number of benzene rings is 2. The van der Waals surface area contributed by atoms with Gasteiger partial charge in [0, 0.05) is 5.69 Å². The molecule has 0 spiro atoms. The standard InChI is InChI=1S/C24H23N3O3S2/c1-14-11-15(2)21(16(3)12-14)26-20(28)13-32-24-25-17-9-10-31-22(17)23(29)27(24)18-7-5-6-8-19(18)30-4/h5-12H,13H2,1-4H3,(H,26,28). The van der Waals surface area contributed by atoms with Crippen LogP contribution in [-0.2, 0) is 4.79 Å². The fraction of sp³-hybridized carbons (Fsp3) is 0.208. The summed E-state index contributed by atoms with van der Waals surface area (Å²) in [7, 11) is 1.56. The molecule has 6 nitrogen and oxygen atoms in total. The van der Waals surface area contributed by atoms with E-state index in [1.807, 2.05) is 62.5 Å². The first kappa shape index (κ1) is 22.1. The van der Waals surface area contributed by atoms with Crippen molar-refractivity contribution < 1.29 is 9.53 Å². The number of fused-ring (bicyclic) bond motifs is 1. The van der Waals surface area contributed by atoms with Gasteiger partial charge in [-0.15, -0.1) is 11.3 Å². The molecule has 8 heteroatoms. The van der Waals surface area contributed by atoms with Gasteiger partial charge in [0.2, 0.25) is 5.91 Å². The van der Waals surface area contributed by atoms with Crippen LogP contribution in [0.4, 0.5) is 5.69 Å². The Labute approximate surface area is 194 Å². The Bertz CT molecular complexity index is 1350. The van der Waals surface area contributed by atoms with E-state index in [0.717, 1.165) is 22.4 Å². The second kappa shape index (κ2) is 9.18. The molecule has 0 radical (unpaired) electrons. The highest BCUT2D eigenvalue weighted by atomic mass is 32.2. The first-order valence-electron chi connectivity index (χ1n) is 10.0. The largest absolute Gasteiger partial charge is 0.495 e. The third kappa shape index (κ3) is 4.28. The van der Waals surface area contributed by atoms with Crippen molar-refractivity contribution in [3.8, 4) is 11.4 Å². The first-order valence-corrected chi connectivity index (χ1v) is 11.9. The Balaban J connectivity index is 1.67. The Morgan fingerprint density at radius 1 is 1.16 bits per heavy atom. The van der Waals surface area contributed by atoms with E-state index in [1.54, 1.807) is 13.2 Å². The lowest BCUT2D eigenvalue weighted by Crippen LogP contribution is -2.22. The van der Waals surface area contributed by atoms with E-state index in [9.17, 15) is 9.59 Å². The normalized spacial score (nSPS) is 11.0.